The van der Waals surface area contributed by atoms with Gasteiger partial charge in [-0.3, -0.25) is 4.40 Å². The highest BCUT2D eigenvalue weighted by atomic mass is 16.5. The van der Waals surface area contributed by atoms with Crippen LogP contribution in [0.5, 0.6) is 5.75 Å². The zero-order valence-electron chi connectivity index (χ0n) is 16.9. The molecule has 0 aliphatic heterocycles. The van der Waals surface area contributed by atoms with Crippen molar-refractivity contribution in [2.45, 2.75) is 27.3 Å². The van der Waals surface area contributed by atoms with E-state index in [0.717, 1.165) is 49.0 Å². The first-order chi connectivity index (χ1) is 13.7. The minimum Gasteiger partial charge on any atom is -0.494 e. The van der Waals surface area contributed by atoms with Crippen LogP contribution in [0.15, 0.2) is 54.7 Å². The van der Waals surface area contributed by atoms with Gasteiger partial charge in [-0.25, -0.2) is 4.98 Å². The molecule has 0 saturated heterocycles. The molecule has 5 nitrogen and oxygen atoms in total. The fourth-order valence-corrected chi connectivity index (χ4v) is 3.77. The molecule has 5 heteroatoms. The van der Waals surface area contributed by atoms with Crippen molar-refractivity contribution in [2.24, 2.45) is 0 Å². The van der Waals surface area contributed by atoms with Crippen molar-refractivity contribution in [3.05, 3.63) is 54.7 Å². The predicted octanol–water partition coefficient (Wildman–Crippen LogP) is 4.70. The number of aromatic nitrogens is 3. The summed E-state index contributed by atoms with van der Waals surface area (Å²) < 4.78 is 10.1. The molecule has 4 rings (SSSR count). The van der Waals surface area contributed by atoms with E-state index in [1.54, 1.807) is 0 Å². The Balaban J connectivity index is 1.74. The SMILES string of the molecule is CCOc1ccc(-c2cn3c4ccccc4n(CCN(CC)CC)c3n2)cc1. The summed E-state index contributed by atoms with van der Waals surface area (Å²) in [6.07, 6.45) is 2.14. The van der Waals surface area contributed by atoms with Gasteiger partial charge in [-0.15, -0.1) is 0 Å². The lowest BCUT2D eigenvalue weighted by Crippen LogP contribution is -2.27. The maximum absolute atomic E-state index is 5.56. The van der Waals surface area contributed by atoms with Crippen LogP contribution < -0.4 is 4.74 Å². The zero-order chi connectivity index (χ0) is 19.5. The van der Waals surface area contributed by atoms with Crippen LogP contribution in [0.2, 0.25) is 0 Å². The maximum atomic E-state index is 5.56. The van der Waals surface area contributed by atoms with E-state index in [1.165, 1.54) is 11.0 Å². The van der Waals surface area contributed by atoms with Crippen molar-refractivity contribution in [3.8, 4) is 17.0 Å². The van der Waals surface area contributed by atoms with Gasteiger partial charge in [0.15, 0.2) is 0 Å². The van der Waals surface area contributed by atoms with Crippen molar-refractivity contribution in [2.75, 3.05) is 26.2 Å². The number of nitrogens with zero attached hydrogens (tertiary/aromatic N) is 4. The summed E-state index contributed by atoms with van der Waals surface area (Å²) in [5.74, 6) is 1.89. The highest BCUT2D eigenvalue weighted by Crippen LogP contribution is 2.27. The molecule has 2 aromatic heterocycles. The van der Waals surface area contributed by atoms with Gasteiger partial charge in [0.2, 0.25) is 5.78 Å². The number of para-hydroxylation sites is 2. The molecule has 2 heterocycles. The van der Waals surface area contributed by atoms with E-state index in [-0.39, 0.29) is 0 Å². The number of rotatable bonds is 8. The number of imidazole rings is 2. The van der Waals surface area contributed by atoms with E-state index in [0.29, 0.717) is 6.61 Å². The minimum absolute atomic E-state index is 0.677. The van der Waals surface area contributed by atoms with Crippen LogP contribution in [0.3, 0.4) is 0 Å². The number of fused-ring (bicyclic) bond motifs is 3. The molecular formula is C23H28N4O. The van der Waals surface area contributed by atoms with Crippen LogP contribution in [-0.4, -0.2) is 45.1 Å². The molecular weight excluding hydrogens is 348 g/mol. The van der Waals surface area contributed by atoms with Crippen molar-refractivity contribution in [1.82, 2.24) is 18.9 Å². The number of ether oxygens (including phenoxy) is 1. The number of benzene rings is 2. The summed E-state index contributed by atoms with van der Waals surface area (Å²) >= 11 is 0. The van der Waals surface area contributed by atoms with Crippen molar-refractivity contribution >= 4 is 16.8 Å². The third-order valence-corrected chi connectivity index (χ3v) is 5.36. The standard InChI is InChI=1S/C23H28N4O/c1-4-25(5-2)15-16-26-21-9-7-8-10-22(21)27-17-20(24-23(26)27)18-11-13-19(14-12-18)28-6-3/h7-14,17H,4-6,15-16H2,1-3H3. The first-order valence-electron chi connectivity index (χ1n) is 10.2. The van der Waals surface area contributed by atoms with Gasteiger partial charge in [0.05, 0.1) is 23.3 Å². The van der Waals surface area contributed by atoms with Gasteiger partial charge in [-0.2, -0.15) is 0 Å². The van der Waals surface area contributed by atoms with Crippen LogP contribution in [-0.2, 0) is 6.54 Å². The van der Waals surface area contributed by atoms with Crippen molar-refractivity contribution in [1.29, 1.82) is 0 Å². The summed E-state index contributed by atoms with van der Waals surface area (Å²) in [5.41, 5.74) is 4.52. The van der Waals surface area contributed by atoms with Crippen LogP contribution in [0.1, 0.15) is 20.8 Å². The first-order valence-corrected chi connectivity index (χ1v) is 10.2. The molecule has 0 aliphatic carbocycles. The fraction of sp³-hybridized carbons (Fsp3) is 0.348. The molecule has 0 radical (unpaired) electrons. The Morgan fingerprint density at radius 3 is 2.32 bits per heavy atom. The summed E-state index contributed by atoms with van der Waals surface area (Å²) in [7, 11) is 0. The fourth-order valence-electron chi connectivity index (χ4n) is 3.77. The first kappa shape index (κ1) is 18.6. The van der Waals surface area contributed by atoms with E-state index in [1.807, 2.05) is 19.1 Å². The molecule has 0 spiro atoms. The molecule has 0 atom stereocenters. The number of hydrogen-bond donors (Lipinski definition) is 0. The van der Waals surface area contributed by atoms with E-state index in [2.05, 4.69) is 70.3 Å². The third kappa shape index (κ3) is 3.38. The average Bonchev–Trinajstić information content (AvgIpc) is 3.28. The molecule has 28 heavy (non-hydrogen) atoms. The summed E-state index contributed by atoms with van der Waals surface area (Å²) in [4.78, 5) is 7.44. The molecule has 2 aromatic carbocycles. The average molecular weight is 377 g/mol. The smallest absolute Gasteiger partial charge is 0.215 e. The largest absolute Gasteiger partial charge is 0.494 e. The predicted molar refractivity (Wildman–Crippen MR) is 115 cm³/mol. The lowest BCUT2D eigenvalue weighted by atomic mass is 10.1. The Labute approximate surface area is 166 Å². The molecule has 0 unspecified atom stereocenters. The molecule has 146 valence electrons. The molecule has 0 amide bonds. The highest BCUT2D eigenvalue weighted by Gasteiger charge is 2.15. The lowest BCUT2D eigenvalue weighted by Gasteiger charge is -2.18. The molecule has 4 aromatic rings. The topological polar surface area (TPSA) is 34.7 Å². The minimum atomic E-state index is 0.677. The summed E-state index contributed by atoms with van der Waals surface area (Å²) in [5, 5.41) is 0. The quantitative estimate of drug-likeness (QED) is 0.447. The van der Waals surface area contributed by atoms with Crippen LogP contribution in [0, 0.1) is 0 Å². The van der Waals surface area contributed by atoms with E-state index < -0.39 is 0 Å². The van der Waals surface area contributed by atoms with Crippen LogP contribution >= 0.6 is 0 Å². The zero-order valence-corrected chi connectivity index (χ0v) is 16.9. The Morgan fingerprint density at radius 2 is 1.64 bits per heavy atom. The van der Waals surface area contributed by atoms with E-state index in [4.69, 9.17) is 9.72 Å². The monoisotopic (exact) mass is 376 g/mol. The maximum Gasteiger partial charge on any atom is 0.215 e. The third-order valence-electron chi connectivity index (χ3n) is 5.36. The van der Waals surface area contributed by atoms with Gasteiger partial charge in [0.25, 0.3) is 0 Å². The summed E-state index contributed by atoms with van der Waals surface area (Å²) in [6.45, 7) is 11.2. The Morgan fingerprint density at radius 1 is 0.929 bits per heavy atom. The normalized spacial score (nSPS) is 11.7. The van der Waals surface area contributed by atoms with Crippen LogP contribution in [0.25, 0.3) is 28.1 Å². The van der Waals surface area contributed by atoms with Crippen LogP contribution in [0.4, 0.5) is 0 Å². The molecule has 0 fully saturated rings. The van der Waals surface area contributed by atoms with Gasteiger partial charge < -0.3 is 14.2 Å². The Hall–Kier alpha value is -2.79. The van der Waals surface area contributed by atoms with Gasteiger partial charge in [0.1, 0.15) is 5.75 Å². The Kier molecular flexibility index (Phi) is 5.35. The Bertz CT molecular complexity index is 1060. The van der Waals surface area contributed by atoms with Crippen molar-refractivity contribution in [3.63, 3.8) is 0 Å². The van der Waals surface area contributed by atoms with Gasteiger partial charge in [-0.05, 0) is 56.4 Å². The van der Waals surface area contributed by atoms with E-state index >= 15 is 0 Å². The second kappa shape index (κ2) is 8.07. The molecule has 0 saturated carbocycles. The summed E-state index contributed by atoms with van der Waals surface area (Å²) in [6, 6.07) is 16.7. The van der Waals surface area contributed by atoms with Gasteiger partial charge in [0, 0.05) is 24.8 Å². The molecule has 0 bridgehead atoms. The molecule has 0 N–H and O–H groups in total. The molecule has 0 aliphatic rings. The number of likely N-dealkylation sites (N-methyl/N-ethyl adjacent to an activating group) is 1. The second-order valence-electron chi connectivity index (χ2n) is 6.92. The van der Waals surface area contributed by atoms with Crippen molar-refractivity contribution < 1.29 is 4.74 Å². The van der Waals surface area contributed by atoms with Gasteiger partial charge >= 0.3 is 0 Å². The number of hydrogen-bond acceptors (Lipinski definition) is 3. The van der Waals surface area contributed by atoms with E-state index in [9.17, 15) is 0 Å². The van der Waals surface area contributed by atoms with Gasteiger partial charge in [-0.1, -0.05) is 26.0 Å². The highest BCUT2D eigenvalue weighted by molar-refractivity contribution is 5.82. The second-order valence-corrected chi connectivity index (χ2v) is 6.92. The lowest BCUT2D eigenvalue weighted by molar-refractivity contribution is 0.293.